The minimum atomic E-state index is -4.68. The quantitative estimate of drug-likeness (QED) is 0.928. The second-order valence-corrected chi connectivity index (χ2v) is 5.01. The van der Waals surface area contributed by atoms with E-state index < -0.39 is 11.8 Å². The van der Waals surface area contributed by atoms with Gasteiger partial charge in [-0.3, -0.25) is 0 Å². The Bertz CT molecular complexity index is 485. The smallest absolute Gasteiger partial charge is 0.406 e. The highest BCUT2D eigenvalue weighted by molar-refractivity contribution is 5.29. The predicted molar refractivity (Wildman–Crippen MR) is 67.0 cm³/mol. The molecular formula is C14H15F3N2O. The number of ether oxygens (including phenoxy) is 1. The van der Waals surface area contributed by atoms with Crippen LogP contribution < -0.4 is 10.1 Å². The van der Waals surface area contributed by atoms with Crippen LogP contribution in [-0.4, -0.2) is 19.5 Å². The van der Waals surface area contributed by atoms with Crippen molar-refractivity contribution in [2.45, 2.75) is 25.6 Å². The third-order valence-electron chi connectivity index (χ3n) is 3.50. The third kappa shape index (κ3) is 3.87. The van der Waals surface area contributed by atoms with Gasteiger partial charge in [0.25, 0.3) is 0 Å². The number of nitriles is 1. The number of benzene rings is 1. The van der Waals surface area contributed by atoms with Crippen LogP contribution in [0.15, 0.2) is 24.3 Å². The molecule has 1 aromatic carbocycles. The van der Waals surface area contributed by atoms with E-state index in [2.05, 4.69) is 16.1 Å². The summed E-state index contributed by atoms with van der Waals surface area (Å²) in [6.07, 6.45) is -2.61. The first kappa shape index (κ1) is 14.7. The van der Waals surface area contributed by atoms with Gasteiger partial charge in [0.05, 0.1) is 11.5 Å². The van der Waals surface area contributed by atoms with Crippen LogP contribution in [0.1, 0.15) is 18.4 Å². The fourth-order valence-electron chi connectivity index (χ4n) is 2.43. The minimum absolute atomic E-state index is 0.238. The molecule has 0 aromatic heterocycles. The highest BCUT2D eigenvalue weighted by Crippen LogP contribution is 2.33. The highest BCUT2D eigenvalue weighted by atomic mass is 19.4. The average Bonchev–Trinajstić information content (AvgIpc) is 2.40. The molecule has 6 heteroatoms. The molecule has 1 aliphatic rings. The summed E-state index contributed by atoms with van der Waals surface area (Å²) < 4.78 is 40.0. The number of piperidine rings is 1. The largest absolute Gasteiger partial charge is 0.573 e. The van der Waals surface area contributed by atoms with Crippen molar-refractivity contribution in [1.82, 2.24) is 5.32 Å². The Balaban J connectivity index is 2.05. The fraction of sp³-hybridized carbons (Fsp3) is 0.500. The lowest BCUT2D eigenvalue weighted by Gasteiger charge is -2.31. The first-order valence-corrected chi connectivity index (χ1v) is 6.39. The van der Waals surface area contributed by atoms with E-state index in [0.717, 1.165) is 31.5 Å². The number of nitrogens with zero attached hydrogens (tertiary/aromatic N) is 1. The van der Waals surface area contributed by atoms with Gasteiger partial charge in [-0.25, -0.2) is 0 Å². The molecule has 0 aliphatic carbocycles. The fourth-order valence-corrected chi connectivity index (χ4v) is 2.43. The lowest BCUT2D eigenvalue weighted by Crippen LogP contribution is -2.37. The maximum atomic E-state index is 12.1. The number of rotatable bonds is 3. The van der Waals surface area contributed by atoms with Crippen molar-refractivity contribution in [2.24, 2.45) is 5.41 Å². The maximum Gasteiger partial charge on any atom is 0.573 e. The van der Waals surface area contributed by atoms with Gasteiger partial charge in [-0.15, -0.1) is 13.2 Å². The monoisotopic (exact) mass is 284 g/mol. The SMILES string of the molecule is N#CC1(Cc2ccc(OC(F)(F)F)cc2)CCNCC1. The molecule has 0 bridgehead atoms. The zero-order chi connectivity index (χ0) is 14.6. The Kier molecular flexibility index (Phi) is 4.19. The van der Waals surface area contributed by atoms with E-state index in [1.165, 1.54) is 12.1 Å². The van der Waals surface area contributed by atoms with Gasteiger partial charge < -0.3 is 10.1 Å². The van der Waals surface area contributed by atoms with E-state index in [-0.39, 0.29) is 5.75 Å². The Morgan fingerprint density at radius 1 is 1.20 bits per heavy atom. The van der Waals surface area contributed by atoms with Gasteiger partial charge in [-0.05, 0) is 50.0 Å². The number of nitrogens with one attached hydrogen (secondary N) is 1. The lowest BCUT2D eigenvalue weighted by molar-refractivity contribution is -0.274. The summed E-state index contributed by atoms with van der Waals surface area (Å²) in [4.78, 5) is 0. The molecule has 2 rings (SSSR count). The van der Waals surface area contributed by atoms with Crippen molar-refractivity contribution < 1.29 is 17.9 Å². The van der Waals surface area contributed by atoms with Gasteiger partial charge in [0.1, 0.15) is 5.75 Å². The first-order chi connectivity index (χ1) is 9.42. The van der Waals surface area contributed by atoms with Gasteiger partial charge in [-0.1, -0.05) is 12.1 Å². The predicted octanol–water partition coefficient (Wildman–Crippen LogP) is 3.02. The van der Waals surface area contributed by atoms with Crippen molar-refractivity contribution >= 4 is 0 Å². The highest BCUT2D eigenvalue weighted by Gasteiger charge is 2.33. The van der Waals surface area contributed by atoms with E-state index in [9.17, 15) is 18.4 Å². The summed E-state index contributed by atoms with van der Waals surface area (Å²) in [5.41, 5.74) is 0.431. The minimum Gasteiger partial charge on any atom is -0.406 e. The molecule has 1 heterocycles. The maximum absolute atomic E-state index is 12.1. The van der Waals surface area contributed by atoms with Crippen molar-refractivity contribution in [2.75, 3.05) is 13.1 Å². The van der Waals surface area contributed by atoms with E-state index >= 15 is 0 Å². The molecule has 1 N–H and O–H groups in total. The normalized spacial score (nSPS) is 18.3. The van der Waals surface area contributed by atoms with Crippen LogP contribution in [-0.2, 0) is 6.42 Å². The van der Waals surface area contributed by atoms with Gasteiger partial charge >= 0.3 is 6.36 Å². The van der Waals surface area contributed by atoms with Crippen LogP contribution in [0.4, 0.5) is 13.2 Å². The summed E-state index contributed by atoms with van der Waals surface area (Å²) in [5, 5.41) is 12.6. The molecule has 1 saturated heterocycles. The van der Waals surface area contributed by atoms with Crippen molar-refractivity contribution in [1.29, 1.82) is 5.26 Å². The van der Waals surface area contributed by atoms with Gasteiger partial charge in [0, 0.05) is 0 Å². The summed E-state index contributed by atoms with van der Waals surface area (Å²) in [7, 11) is 0. The second-order valence-electron chi connectivity index (χ2n) is 5.01. The summed E-state index contributed by atoms with van der Waals surface area (Å²) in [5.74, 6) is -0.238. The molecular weight excluding hydrogens is 269 g/mol. The third-order valence-corrected chi connectivity index (χ3v) is 3.50. The number of alkyl halides is 3. The Hall–Kier alpha value is -1.74. The molecule has 0 unspecified atom stereocenters. The van der Waals surface area contributed by atoms with E-state index in [0.29, 0.717) is 6.42 Å². The number of hydrogen-bond donors (Lipinski definition) is 1. The zero-order valence-electron chi connectivity index (χ0n) is 10.8. The van der Waals surface area contributed by atoms with Gasteiger partial charge in [0.2, 0.25) is 0 Å². The van der Waals surface area contributed by atoms with Crippen LogP contribution in [0.5, 0.6) is 5.75 Å². The Morgan fingerprint density at radius 2 is 1.80 bits per heavy atom. The van der Waals surface area contributed by atoms with E-state index in [4.69, 9.17) is 0 Å². The topological polar surface area (TPSA) is 45.0 Å². The van der Waals surface area contributed by atoms with Gasteiger partial charge in [0.15, 0.2) is 0 Å². The van der Waals surface area contributed by atoms with Crippen molar-refractivity contribution in [3.8, 4) is 11.8 Å². The number of hydrogen-bond acceptors (Lipinski definition) is 3. The lowest BCUT2D eigenvalue weighted by atomic mass is 9.75. The van der Waals surface area contributed by atoms with Crippen LogP contribution >= 0.6 is 0 Å². The number of halogens is 3. The van der Waals surface area contributed by atoms with Crippen molar-refractivity contribution in [3.05, 3.63) is 29.8 Å². The van der Waals surface area contributed by atoms with Crippen LogP contribution in [0.25, 0.3) is 0 Å². The Morgan fingerprint density at radius 3 is 2.30 bits per heavy atom. The summed E-state index contributed by atoms with van der Waals surface area (Å²) in [6.45, 7) is 1.59. The molecule has 20 heavy (non-hydrogen) atoms. The van der Waals surface area contributed by atoms with Crippen molar-refractivity contribution in [3.63, 3.8) is 0 Å². The molecule has 108 valence electrons. The second kappa shape index (κ2) is 5.71. The molecule has 1 fully saturated rings. The summed E-state index contributed by atoms with van der Waals surface area (Å²) in [6, 6.07) is 8.11. The zero-order valence-corrected chi connectivity index (χ0v) is 10.8. The molecule has 0 saturated carbocycles. The van der Waals surface area contributed by atoms with Crippen LogP contribution in [0.2, 0.25) is 0 Å². The van der Waals surface area contributed by atoms with Gasteiger partial charge in [-0.2, -0.15) is 5.26 Å². The molecule has 1 aromatic rings. The van der Waals surface area contributed by atoms with Crippen LogP contribution in [0, 0.1) is 16.7 Å². The molecule has 0 amide bonds. The van der Waals surface area contributed by atoms with E-state index in [1.807, 2.05) is 0 Å². The average molecular weight is 284 g/mol. The molecule has 0 atom stereocenters. The summed E-state index contributed by atoms with van der Waals surface area (Å²) >= 11 is 0. The molecule has 3 nitrogen and oxygen atoms in total. The van der Waals surface area contributed by atoms with Crippen LogP contribution in [0.3, 0.4) is 0 Å². The Labute approximate surface area is 115 Å². The first-order valence-electron chi connectivity index (χ1n) is 6.39. The van der Waals surface area contributed by atoms with E-state index in [1.54, 1.807) is 12.1 Å². The molecule has 0 radical (unpaired) electrons. The standard InChI is InChI=1S/C14H15F3N2O/c15-14(16,17)20-12-3-1-11(2-4-12)9-13(10-18)5-7-19-8-6-13/h1-4,19H,5-9H2. The molecule has 0 spiro atoms. The molecule has 1 aliphatic heterocycles.